The maximum Gasteiger partial charge on any atom is 0.419 e. The van der Waals surface area contributed by atoms with E-state index in [0.29, 0.717) is 18.8 Å². The molecule has 0 unspecified atom stereocenters. The molecule has 0 bridgehead atoms. The standard InChI is InChI=1S/C21H28F4N4.3ClH/c1-20(2,3)27-10-11-29-13-18(28-19(29)14-6-8-26-9-7-14)15-4-5-17(22)16(12-15)21(23,24)25;;;/h4-5,12-14,26-27H,6-11H2,1-3H3;3*1H. The summed E-state index contributed by atoms with van der Waals surface area (Å²) in [6.07, 6.45) is -1.09. The van der Waals surface area contributed by atoms with Gasteiger partial charge in [0.1, 0.15) is 11.6 Å². The zero-order chi connectivity index (χ0) is 21.2. The molecule has 1 aromatic heterocycles. The fraction of sp³-hybridized carbons (Fsp3) is 0.571. The van der Waals surface area contributed by atoms with Gasteiger partial charge in [-0.3, -0.25) is 0 Å². The van der Waals surface area contributed by atoms with E-state index in [9.17, 15) is 17.6 Å². The van der Waals surface area contributed by atoms with Gasteiger partial charge in [-0.15, -0.1) is 37.2 Å². The molecule has 32 heavy (non-hydrogen) atoms. The molecule has 0 aliphatic carbocycles. The van der Waals surface area contributed by atoms with Gasteiger partial charge in [0, 0.05) is 36.3 Å². The van der Waals surface area contributed by atoms with Gasteiger partial charge in [-0.1, -0.05) is 0 Å². The van der Waals surface area contributed by atoms with Gasteiger partial charge in [0.25, 0.3) is 0 Å². The predicted octanol–water partition coefficient (Wildman–Crippen LogP) is 5.83. The first-order chi connectivity index (χ1) is 13.5. The van der Waals surface area contributed by atoms with E-state index in [1.807, 2.05) is 4.57 Å². The molecule has 1 aromatic carbocycles. The van der Waals surface area contributed by atoms with Crippen LogP contribution in [0.5, 0.6) is 0 Å². The van der Waals surface area contributed by atoms with Gasteiger partial charge in [-0.2, -0.15) is 13.2 Å². The van der Waals surface area contributed by atoms with Crippen LogP contribution in [0.3, 0.4) is 0 Å². The summed E-state index contributed by atoms with van der Waals surface area (Å²) in [4.78, 5) is 4.69. The second-order valence-corrected chi connectivity index (χ2v) is 8.57. The van der Waals surface area contributed by atoms with E-state index in [-0.39, 0.29) is 54.2 Å². The molecule has 0 saturated carbocycles. The Morgan fingerprint density at radius 3 is 2.28 bits per heavy atom. The van der Waals surface area contributed by atoms with Crippen LogP contribution in [0.15, 0.2) is 24.4 Å². The number of rotatable bonds is 5. The molecule has 1 aliphatic heterocycles. The number of nitrogens with one attached hydrogen (secondary N) is 2. The third-order valence-corrected chi connectivity index (χ3v) is 5.09. The third kappa shape index (κ3) is 8.06. The van der Waals surface area contributed by atoms with Crippen LogP contribution in [-0.4, -0.2) is 34.7 Å². The average Bonchev–Trinajstić information content (AvgIpc) is 3.05. The van der Waals surface area contributed by atoms with Crippen molar-refractivity contribution in [1.29, 1.82) is 0 Å². The van der Waals surface area contributed by atoms with Gasteiger partial charge in [0.15, 0.2) is 0 Å². The van der Waals surface area contributed by atoms with Crippen LogP contribution in [0.4, 0.5) is 17.6 Å². The first-order valence-corrected chi connectivity index (χ1v) is 9.94. The SMILES string of the molecule is CC(C)(C)NCCn1cc(-c2ccc(F)c(C(F)(F)F)c2)nc1C1CCNCC1.Cl.Cl.Cl. The van der Waals surface area contributed by atoms with E-state index in [2.05, 4.69) is 36.4 Å². The predicted molar refractivity (Wildman–Crippen MR) is 127 cm³/mol. The Hall–Kier alpha value is -1.06. The van der Waals surface area contributed by atoms with Crippen LogP contribution in [0.1, 0.15) is 50.9 Å². The minimum Gasteiger partial charge on any atom is -0.333 e. The Labute approximate surface area is 205 Å². The summed E-state index contributed by atoms with van der Waals surface area (Å²) in [5.41, 5.74) is -0.574. The number of hydrogen-bond donors (Lipinski definition) is 2. The van der Waals surface area contributed by atoms with Gasteiger partial charge in [-0.25, -0.2) is 9.37 Å². The summed E-state index contributed by atoms with van der Waals surface area (Å²) in [6.45, 7) is 9.40. The van der Waals surface area contributed by atoms with Crippen molar-refractivity contribution in [2.75, 3.05) is 19.6 Å². The molecular weight excluding hydrogens is 491 g/mol. The quantitative estimate of drug-likeness (QED) is 0.487. The average molecular weight is 522 g/mol. The topological polar surface area (TPSA) is 41.9 Å². The number of alkyl halides is 3. The van der Waals surface area contributed by atoms with Crippen molar-refractivity contribution < 1.29 is 17.6 Å². The zero-order valence-corrected chi connectivity index (χ0v) is 20.7. The molecule has 1 saturated heterocycles. The molecular formula is C21H31Cl3F4N4. The van der Waals surface area contributed by atoms with E-state index in [1.54, 1.807) is 6.20 Å². The molecule has 3 rings (SSSR count). The van der Waals surface area contributed by atoms with Crippen LogP contribution in [0, 0.1) is 5.82 Å². The Morgan fingerprint density at radius 1 is 1.09 bits per heavy atom. The molecule has 11 heteroatoms. The monoisotopic (exact) mass is 520 g/mol. The van der Waals surface area contributed by atoms with Crippen LogP contribution in [0.25, 0.3) is 11.3 Å². The van der Waals surface area contributed by atoms with Crippen molar-refractivity contribution >= 4 is 37.2 Å². The zero-order valence-electron chi connectivity index (χ0n) is 18.3. The maximum atomic E-state index is 13.7. The Balaban J connectivity index is 0.00000320. The molecule has 2 N–H and O–H groups in total. The van der Waals surface area contributed by atoms with E-state index >= 15 is 0 Å². The highest BCUT2D eigenvalue weighted by atomic mass is 35.5. The van der Waals surface area contributed by atoms with Gasteiger partial charge in [0.05, 0.1) is 11.3 Å². The lowest BCUT2D eigenvalue weighted by molar-refractivity contribution is -0.139. The number of halogens is 7. The highest BCUT2D eigenvalue weighted by Gasteiger charge is 2.34. The summed E-state index contributed by atoms with van der Waals surface area (Å²) in [7, 11) is 0. The molecule has 0 spiro atoms. The van der Waals surface area contributed by atoms with Crippen molar-refractivity contribution in [2.45, 2.75) is 57.8 Å². The number of imidazole rings is 1. The maximum absolute atomic E-state index is 13.7. The van der Waals surface area contributed by atoms with Crippen LogP contribution in [-0.2, 0) is 12.7 Å². The van der Waals surface area contributed by atoms with E-state index in [0.717, 1.165) is 43.9 Å². The van der Waals surface area contributed by atoms with Gasteiger partial charge in [0.2, 0.25) is 0 Å². The number of nitrogens with zero attached hydrogens (tertiary/aromatic N) is 2. The van der Waals surface area contributed by atoms with Crippen molar-refractivity contribution in [3.8, 4) is 11.3 Å². The minimum atomic E-state index is -4.74. The van der Waals surface area contributed by atoms with E-state index in [4.69, 9.17) is 0 Å². The van der Waals surface area contributed by atoms with Gasteiger partial charge in [-0.05, 0) is 64.9 Å². The molecule has 2 aromatic rings. The van der Waals surface area contributed by atoms with Crippen molar-refractivity contribution in [2.24, 2.45) is 0 Å². The highest BCUT2D eigenvalue weighted by Crippen LogP contribution is 2.35. The van der Waals surface area contributed by atoms with Crippen LogP contribution < -0.4 is 10.6 Å². The van der Waals surface area contributed by atoms with Crippen molar-refractivity contribution in [3.05, 3.63) is 41.6 Å². The molecule has 0 radical (unpaired) electrons. The minimum absolute atomic E-state index is 0. The van der Waals surface area contributed by atoms with E-state index in [1.165, 1.54) is 6.07 Å². The fourth-order valence-corrected chi connectivity index (χ4v) is 3.61. The summed E-state index contributed by atoms with van der Waals surface area (Å²) >= 11 is 0. The first kappa shape index (κ1) is 30.9. The van der Waals surface area contributed by atoms with Crippen molar-refractivity contribution in [3.63, 3.8) is 0 Å². The molecule has 0 amide bonds. The number of hydrogen-bond acceptors (Lipinski definition) is 3. The Kier molecular flexibility index (Phi) is 12.0. The second-order valence-electron chi connectivity index (χ2n) is 8.57. The van der Waals surface area contributed by atoms with Crippen LogP contribution in [0.2, 0.25) is 0 Å². The largest absolute Gasteiger partial charge is 0.419 e. The smallest absolute Gasteiger partial charge is 0.333 e. The van der Waals surface area contributed by atoms with Crippen molar-refractivity contribution in [1.82, 2.24) is 20.2 Å². The number of benzene rings is 1. The molecule has 184 valence electrons. The Bertz CT molecular complexity index is 845. The molecule has 1 aliphatic rings. The molecule has 1 fully saturated rings. The molecule has 4 nitrogen and oxygen atoms in total. The normalized spacial score (nSPS) is 14.8. The van der Waals surface area contributed by atoms with Gasteiger partial charge < -0.3 is 15.2 Å². The number of piperidine rings is 1. The molecule has 0 atom stereocenters. The fourth-order valence-electron chi connectivity index (χ4n) is 3.61. The third-order valence-electron chi connectivity index (χ3n) is 5.09. The Morgan fingerprint density at radius 2 is 1.72 bits per heavy atom. The van der Waals surface area contributed by atoms with Gasteiger partial charge >= 0.3 is 6.18 Å². The second kappa shape index (κ2) is 12.4. The lowest BCUT2D eigenvalue weighted by atomic mass is 9.97. The summed E-state index contributed by atoms with van der Waals surface area (Å²) in [5, 5.41) is 6.75. The molecule has 2 heterocycles. The summed E-state index contributed by atoms with van der Waals surface area (Å²) in [5.74, 6) is -0.133. The lowest BCUT2D eigenvalue weighted by Crippen LogP contribution is -2.38. The number of aromatic nitrogens is 2. The summed E-state index contributed by atoms with van der Waals surface area (Å²) < 4.78 is 55.1. The first-order valence-electron chi connectivity index (χ1n) is 9.94. The highest BCUT2D eigenvalue weighted by molar-refractivity contribution is 5.86. The lowest BCUT2D eigenvalue weighted by Gasteiger charge is -2.24. The summed E-state index contributed by atoms with van der Waals surface area (Å²) in [6, 6.07) is 3.07. The van der Waals surface area contributed by atoms with E-state index < -0.39 is 17.6 Å². The van der Waals surface area contributed by atoms with Crippen LogP contribution >= 0.6 is 37.2 Å².